The molecule has 0 heterocycles. The Morgan fingerprint density at radius 1 is 1.29 bits per heavy atom. The number of hydrogen-bond acceptors (Lipinski definition) is 2. The lowest BCUT2D eigenvalue weighted by molar-refractivity contribution is -0.127. The maximum Gasteiger partial charge on any atom is 0.241 e. The first-order chi connectivity index (χ1) is 7.95. The summed E-state index contributed by atoms with van der Waals surface area (Å²) in [7, 11) is 1.73. The van der Waals surface area contributed by atoms with Crippen molar-refractivity contribution < 1.29 is 4.79 Å². The van der Waals surface area contributed by atoms with Crippen LogP contribution >= 0.6 is 34.8 Å². The molecule has 3 nitrogen and oxygen atoms in total. The molecule has 6 heteroatoms. The van der Waals surface area contributed by atoms with Crippen molar-refractivity contribution in [3.05, 3.63) is 27.2 Å². The van der Waals surface area contributed by atoms with Crippen LogP contribution in [0.4, 0.5) is 5.69 Å². The Kier molecular flexibility index (Phi) is 5.37. The number of carbonyl (C=O) groups is 1. The van der Waals surface area contributed by atoms with E-state index in [4.69, 9.17) is 34.8 Å². The largest absolute Gasteiger partial charge is 0.374 e. The molecule has 0 aliphatic carbocycles. The summed E-state index contributed by atoms with van der Waals surface area (Å²) in [6.07, 6.45) is 0. The van der Waals surface area contributed by atoms with Gasteiger partial charge in [0, 0.05) is 18.6 Å². The summed E-state index contributed by atoms with van der Waals surface area (Å²) in [5.41, 5.74) is 0.524. The van der Waals surface area contributed by atoms with Gasteiger partial charge in [-0.05, 0) is 19.1 Å². The van der Waals surface area contributed by atoms with E-state index in [1.807, 2.05) is 6.92 Å². The van der Waals surface area contributed by atoms with Crippen molar-refractivity contribution >= 4 is 46.4 Å². The summed E-state index contributed by atoms with van der Waals surface area (Å²) >= 11 is 17.7. The number of rotatable bonds is 4. The second kappa shape index (κ2) is 6.34. The highest BCUT2D eigenvalue weighted by molar-refractivity contribution is 6.41. The van der Waals surface area contributed by atoms with Crippen LogP contribution in [-0.4, -0.2) is 30.9 Å². The molecule has 0 spiro atoms. The monoisotopic (exact) mass is 294 g/mol. The second-order valence-electron chi connectivity index (χ2n) is 3.51. The maximum atomic E-state index is 11.6. The third-order valence-corrected chi connectivity index (χ3v) is 3.14. The summed E-state index contributed by atoms with van der Waals surface area (Å²) in [4.78, 5) is 13.2. The summed E-state index contributed by atoms with van der Waals surface area (Å²) in [5, 5.41) is 4.17. The molecule has 0 aliphatic rings. The van der Waals surface area contributed by atoms with Crippen molar-refractivity contribution in [3.63, 3.8) is 0 Å². The van der Waals surface area contributed by atoms with Crippen LogP contribution in [0.2, 0.25) is 15.1 Å². The Hall–Kier alpha value is -0.640. The van der Waals surface area contributed by atoms with E-state index in [9.17, 15) is 4.79 Å². The van der Waals surface area contributed by atoms with Gasteiger partial charge in [-0.2, -0.15) is 0 Å². The zero-order valence-corrected chi connectivity index (χ0v) is 11.8. The Balaban J connectivity index is 2.73. The van der Waals surface area contributed by atoms with Crippen molar-refractivity contribution in [1.29, 1.82) is 0 Å². The molecule has 0 aromatic heterocycles. The number of anilines is 1. The number of nitrogens with zero attached hydrogens (tertiary/aromatic N) is 1. The lowest BCUT2D eigenvalue weighted by Gasteiger charge is -2.16. The van der Waals surface area contributed by atoms with Crippen LogP contribution in [0.1, 0.15) is 6.92 Å². The van der Waals surface area contributed by atoms with E-state index in [0.29, 0.717) is 27.3 Å². The van der Waals surface area contributed by atoms with E-state index in [1.165, 1.54) is 0 Å². The normalized spacial score (nSPS) is 10.2. The van der Waals surface area contributed by atoms with E-state index in [0.717, 1.165) is 0 Å². The van der Waals surface area contributed by atoms with Crippen LogP contribution in [0.3, 0.4) is 0 Å². The second-order valence-corrected chi connectivity index (χ2v) is 4.76. The Morgan fingerprint density at radius 2 is 1.82 bits per heavy atom. The van der Waals surface area contributed by atoms with Gasteiger partial charge in [0.1, 0.15) is 0 Å². The van der Waals surface area contributed by atoms with Crippen molar-refractivity contribution in [2.24, 2.45) is 0 Å². The Labute approximate surface area is 116 Å². The third kappa shape index (κ3) is 3.95. The van der Waals surface area contributed by atoms with Gasteiger partial charge in [-0.3, -0.25) is 4.79 Å². The molecule has 0 saturated carbocycles. The molecule has 0 saturated heterocycles. The highest BCUT2D eigenvalue weighted by Crippen LogP contribution is 2.33. The Morgan fingerprint density at radius 3 is 2.29 bits per heavy atom. The zero-order chi connectivity index (χ0) is 13.0. The molecule has 1 aromatic rings. The van der Waals surface area contributed by atoms with E-state index < -0.39 is 0 Å². The fraction of sp³-hybridized carbons (Fsp3) is 0.364. The average molecular weight is 296 g/mol. The van der Waals surface area contributed by atoms with E-state index >= 15 is 0 Å². The van der Waals surface area contributed by atoms with Crippen LogP contribution in [0.15, 0.2) is 12.1 Å². The molecule has 1 aromatic carbocycles. The number of nitrogens with one attached hydrogen (secondary N) is 1. The smallest absolute Gasteiger partial charge is 0.241 e. The molecule has 0 bridgehead atoms. The SMILES string of the molecule is CCN(C)C(=O)CNc1c(Cl)cc(Cl)cc1Cl. The van der Waals surface area contributed by atoms with Crippen LogP contribution in [0.25, 0.3) is 0 Å². The maximum absolute atomic E-state index is 11.6. The van der Waals surface area contributed by atoms with Crippen LogP contribution < -0.4 is 5.32 Å². The zero-order valence-electron chi connectivity index (χ0n) is 9.56. The minimum Gasteiger partial charge on any atom is -0.374 e. The molecular weight excluding hydrogens is 282 g/mol. The standard InChI is InChI=1S/C11H13Cl3N2O/c1-3-16(2)10(17)6-15-11-8(13)4-7(12)5-9(11)14/h4-5,15H,3,6H2,1-2H3. The fourth-order valence-electron chi connectivity index (χ4n) is 1.19. The summed E-state index contributed by atoms with van der Waals surface area (Å²) in [6.45, 7) is 2.70. The number of halogens is 3. The summed E-state index contributed by atoms with van der Waals surface area (Å²) in [6, 6.07) is 3.15. The van der Waals surface area contributed by atoms with E-state index in [-0.39, 0.29) is 12.5 Å². The van der Waals surface area contributed by atoms with Gasteiger partial charge in [0.05, 0.1) is 22.3 Å². The van der Waals surface area contributed by atoms with Crippen molar-refractivity contribution in [1.82, 2.24) is 4.90 Å². The Bertz CT molecular complexity index is 400. The summed E-state index contributed by atoms with van der Waals surface area (Å²) in [5.74, 6) is -0.0328. The van der Waals surface area contributed by atoms with Gasteiger partial charge >= 0.3 is 0 Å². The molecule has 1 amide bonds. The number of benzene rings is 1. The molecule has 0 aliphatic heterocycles. The molecule has 17 heavy (non-hydrogen) atoms. The number of likely N-dealkylation sites (N-methyl/N-ethyl adjacent to an activating group) is 1. The lowest BCUT2D eigenvalue weighted by Crippen LogP contribution is -2.31. The molecule has 1 N–H and O–H groups in total. The first kappa shape index (κ1) is 14.4. The molecule has 0 atom stereocenters. The molecule has 1 rings (SSSR count). The highest BCUT2D eigenvalue weighted by Gasteiger charge is 2.11. The topological polar surface area (TPSA) is 32.3 Å². The van der Waals surface area contributed by atoms with Crippen molar-refractivity contribution in [2.45, 2.75) is 6.92 Å². The van der Waals surface area contributed by atoms with Gasteiger partial charge < -0.3 is 10.2 Å². The predicted molar refractivity (Wildman–Crippen MR) is 73.3 cm³/mol. The third-order valence-electron chi connectivity index (χ3n) is 2.32. The van der Waals surface area contributed by atoms with Crippen LogP contribution in [0.5, 0.6) is 0 Å². The van der Waals surface area contributed by atoms with E-state index in [1.54, 1.807) is 24.1 Å². The lowest BCUT2D eigenvalue weighted by atomic mass is 10.3. The minimum absolute atomic E-state index is 0.0328. The van der Waals surface area contributed by atoms with Crippen molar-refractivity contribution in [3.8, 4) is 0 Å². The predicted octanol–water partition coefficient (Wildman–Crippen LogP) is 3.54. The first-order valence-electron chi connectivity index (χ1n) is 5.08. The van der Waals surface area contributed by atoms with Gasteiger partial charge in [0.15, 0.2) is 0 Å². The highest BCUT2D eigenvalue weighted by atomic mass is 35.5. The quantitative estimate of drug-likeness (QED) is 0.921. The fourth-order valence-corrected chi connectivity index (χ4v) is 2.14. The molecule has 0 radical (unpaired) electrons. The number of amides is 1. The molecule has 94 valence electrons. The molecular formula is C11H13Cl3N2O. The minimum atomic E-state index is -0.0328. The van der Waals surface area contributed by atoms with Gasteiger partial charge in [-0.15, -0.1) is 0 Å². The van der Waals surface area contributed by atoms with E-state index in [2.05, 4.69) is 5.32 Å². The molecule has 0 unspecified atom stereocenters. The average Bonchev–Trinajstić information content (AvgIpc) is 2.26. The first-order valence-corrected chi connectivity index (χ1v) is 6.21. The van der Waals surface area contributed by atoms with Crippen LogP contribution in [-0.2, 0) is 4.79 Å². The summed E-state index contributed by atoms with van der Waals surface area (Å²) < 4.78 is 0. The van der Waals surface area contributed by atoms with Gasteiger partial charge in [0.2, 0.25) is 5.91 Å². The number of carbonyl (C=O) groups excluding carboxylic acids is 1. The van der Waals surface area contributed by atoms with Crippen molar-refractivity contribution in [2.75, 3.05) is 25.5 Å². The number of hydrogen-bond donors (Lipinski definition) is 1. The van der Waals surface area contributed by atoms with Gasteiger partial charge in [0.25, 0.3) is 0 Å². The van der Waals surface area contributed by atoms with Crippen LogP contribution in [0, 0.1) is 0 Å². The van der Waals surface area contributed by atoms with Gasteiger partial charge in [-0.25, -0.2) is 0 Å². The van der Waals surface area contributed by atoms with Gasteiger partial charge in [-0.1, -0.05) is 34.8 Å². The molecule has 0 fully saturated rings.